The molecule has 7 nitrogen and oxygen atoms in total. The van der Waals surface area contributed by atoms with Gasteiger partial charge in [-0.15, -0.1) is 0 Å². The van der Waals surface area contributed by atoms with E-state index in [4.69, 9.17) is 14.2 Å². The van der Waals surface area contributed by atoms with E-state index in [2.05, 4.69) is 15.3 Å². The molecule has 1 N–H and O–H groups in total. The third-order valence-electron chi connectivity index (χ3n) is 4.43. The summed E-state index contributed by atoms with van der Waals surface area (Å²) in [6.07, 6.45) is 1.55. The Morgan fingerprint density at radius 2 is 1.66 bits per heavy atom. The van der Waals surface area contributed by atoms with Crippen molar-refractivity contribution in [2.75, 3.05) is 21.3 Å². The summed E-state index contributed by atoms with van der Waals surface area (Å²) in [6, 6.07) is 13.2. The molecular formula is C22H23N3O4. The normalized spacial score (nSPS) is 10.3. The first-order valence-corrected chi connectivity index (χ1v) is 9.03. The summed E-state index contributed by atoms with van der Waals surface area (Å²) in [7, 11) is 4.65. The van der Waals surface area contributed by atoms with Crippen LogP contribution in [0.3, 0.4) is 0 Å². The molecule has 7 heteroatoms. The van der Waals surface area contributed by atoms with Gasteiger partial charge in [0, 0.05) is 18.3 Å². The van der Waals surface area contributed by atoms with Crippen LogP contribution in [-0.2, 0) is 6.54 Å². The first-order chi connectivity index (χ1) is 14.1. The van der Waals surface area contributed by atoms with Gasteiger partial charge in [0.15, 0.2) is 17.3 Å². The molecule has 2 aromatic carbocycles. The second-order valence-electron chi connectivity index (χ2n) is 6.27. The minimum Gasteiger partial charge on any atom is -0.493 e. The van der Waals surface area contributed by atoms with Gasteiger partial charge in [-0.25, -0.2) is 9.97 Å². The Balaban J connectivity index is 1.76. The van der Waals surface area contributed by atoms with Crippen LogP contribution in [0.2, 0.25) is 0 Å². The molecule has 0 aliphatic heterocycles. The van der Waals surface area contributed by atoms with Gasteiger partial charge in [-0.3, -0.25) is 4.79 Å². The van der Waals surface area contributed by atoms with Crippen molar-refractivity contribution < 1.29 is 19.0 Å². The maximum atomic E-state index is 12.6. The van der Waals surface area contributed by atoms with Gasteiger partial charge in [0.05, 0.1) is 32.6 Å². The largest absolute Gasteiger partial charge is 0.493 e. The molecule has 0 unspecified atom stereocenters. The molecule has 0 saturated heterocycles. The summed E-state index contributed by atoms with van der Waals surface area (Å²) in [6.45, 7) is 2.08. The number of amides is 1. The Hall–Kier alpha value is -3.61. The van der Waals surface area contributed by atoms with E-state index in [0.717, 1.165) is 11.1 Å². The zero-order valence-electron chi connectivity index (χ0n) is 16.9. The van der Waals surface area contributed by atoms with Crippen molar-refractivity contribution in [2.24, 2.45) is 0 Å². The van der Waals surface area contributed by atoms with Crippen molar-refractivity contribution in [3.8, 4) is 28.6 Å². The van der Waals surface area contributed by atoms with Crippen molar-refractivity contribution in [3.05, 3.63) is 65.5 Å². The zero-order valence-corrected chi connectivity index (χ0v) is 16.9. The van der Waals surface area contributed by atoms with Gasteiger partial charge >= 0.3 is 0 Å². The Morgan fingerprint density at radius 1 is 1.00 bits per heavy atom. The number of nitrogens with one attached hydrogen (secondary N) is 1. The SMILES string of the molecule is COc1cc(CNC(=O)c2cnc(-c3ccccc3)nc2C)cc(OC)c1OC. The Morgan fingerprint density at radius 3 is 2.21 bits per heavy atom. The molecule has 0 fully saturated rings. The first kappa shape index (κ1) is 20.1. The fraction of sp³-hybridized carbons (Fsp3) is 0.227. The fourth-order valence-corrected chi connectivity index (χ4v) is 2.93. The van der Waals surface area contributed by atoms with Crippen molar-refractivity contribution in [1.82, 2.24) is 15.3 Å². The molecule has 150 valence electrons. The number of rotatable bonds is 7. The van der Waals surface area contributed by atoms with E-state index in [1.165, 1.54) is 0 Å². The molecule has 3 aromatic rings. The molecule has 3 rings (SSSR count). The monoisotopic (exact) mass is 393 g/mol. The second-order valence-corrected chi connectivity index (χ2v) is 6.27. The smallest absolute Gasteiger partial charge is 0.254 e. The molecule has 0 aliphatic carbocycles. The lowest BCUT2D eigenvalue weighted by atomic mass is 10.1. The van der Waals surface area contributed by atoms with Gasteiger partial charge in [0.1, 0.15) is 0 Å². The van der Waals surface area contributed by atoms with E-state index >= 15 is 0 Å². The molecule has 0 spiro atoms. The number of hydrogen-bond acceptors (Lipinski definition) is 6. The highest BCUT2D eigenvalue weighted by Gasteiger charge is 2.15. The Bertz CT molecular complexity index is 981. The maximum absolute atomic E-state index is 12.6. The minimum absolute atomic E-state index is 0.254. The maximum Gasteiger partial charge on any atom is 0.254 e. The molecule has 1 amide bonds. The van der Waals surface area contributed by atoms with Crippen LogP contribution in [0.25, 0.3) is 11.4 Å². The van der Waals surface area contributed by atoms with Crippen LogP contribution in [0.1, 0.15) is 21.6 Å². The number of ether oxygens (including phenoxy) is 3. The average Bonchev–Trinajstić information content (AvgIpc) is 2.77. The van der Waals surface area contributed by atoms with Gasteiger partial charge in [0.25, 0.3) is 5.91 Å². The van der Waals surface area contributed by atoms with Crippen molar-refractivity contribution in [1.29, 1.82) is 0 Å². The molecule has 29 heavy (non-hydrogen) atoms. The number of methoxy groups -OCH3 is 3. The lowest BCUT2D eigenvalue weighted by Gasteiger charge is -2.14. The topological polar surface area (TPSA) is 82.6 Å². The van der Waals surface area contributed by atoms with Gasteiger partial charge in [0.2, 0.25) is 5.75 Å². The lowest BCUT2D eigenvalue weighted by Crippen LogP contribution is -2.24. The molecule has 1 heterocycles. The summed E-state index contributed by atoms with van der Waals surface area (Å²) in [5.74, 6) is 1.90. The van der Waals surface area contributed by atoms with Crippen LogP contribution in [0.4, 0.5) is 0 Å². The molecular weight excluding hydrogens is 370 g/mol. The average molecular weight is 393 g/mol. The highest BCUT2D eigenvalue weighted by molar-refractivity contribution is 5.95. The van der Waals surface area contributed by atoms with Gasteiger partial charge in [-0.05, 0) is 24.6 Å². The van der Waals surface area contributed by atoms with Crippen molar-refractivity contribution in [3.63, 3.8) is 0 Å². The van der Waals surface area contributed by atoms with E-state index in [-0.39, 0.29) is 12.5 Å². The van der Waals surface area contributed by atoms with Gasteiger partial charge < -0.3 is 19.5 Å². The first-order valence-electron chi connectivity index (χ1n) is 9.03. The number of carbonyl (C=O) groups is 1. The van der Waals surface area contributed by atoms with Crippen LogP contribution in [0, 0.1) is 6.92 Å². The van der Waals surface area contributed by atoms with E-state index in [9.17, 15) is 4.79 Å². The third kappa shape index (κ3) is 4.45. The number of aromatic nitrogens is 2. The fourth-order valence-electron chi connectivity index (χ4n) is 2.93. The van der Waals surface area contributed by atoms with E-state index in [1.54, 1.807) is 46.6 Å². The second kappa shape index (κ2) is 9.05. The summed E-state index contributed by atoms with van der Waals surface area (Å²) in [5, 5.41) is 2.88. The quantitative estimate of drug-likeness (QED) is 0.662. The number of nitrogens with zero attached hydrogens (tertiary/aromatic N) is 2. The molecule has 0 radical (unpaired) electrons. The van der Waals surface area contributed by atoms with Crippen LogP contribution in [0.5, 0.6) is 17.2 Å². The summed E-state index contributed by atoms with van der Waals surface area (Å²) in [4.78, 5) is 21.4. The van der Waals surface area contributed by atoms with E-state index in [1.807, 2.05) is 30.3 Å². The van der Waals surface area contributed by atoms with E-state index in [0.29, 0.717) is 34.3 Å². The summed E-state index contributed by atoms with van der Waals surface area (Å²) >= 11 is 0. The molecule has 0 aliphatic rings. The lowest BCUT2D eigenvalue weighted by molar-refractivity contribution is 0.0949. The van der Waals surface area contributed by atoms with Gasteiger partial charge in [-0.1, -0.05) is 30.3 Å². The summed E-state index contributed by atoms with van der Waals surface area (Å²) in [5.41, 5.74) is 2.76. The van der Waals surface area contributed by atoms with Crippen LogP contribution < -0.4 is 19.5 Å². The standard InChI is InChI=1S/C22H23N3O4/c1-14-17(13-23-21(25-14)16-8-6-5-7-9-16)22(26)24-12-15-10-18(27-2)20(29-4)19(11-15)28-3/h5-11,13H,12H2,1-4H3,(H,24,26). The van der Waals surface area contributed by atoms with Crippen LogP contribution in [-0.4, -0.2) is 37.2 Å². The number of carbonyl (C=O) groups excluding carboxylic acids is 1. The minimum atomic E-state index is -0.254. The molecule has 0 saturated carbocycles. The number of hydrogen-bond donors (Lipinski definition) is 1. The van der Waals surface area contributed by atoms with Crippen LogP contribution >= 0.6 is 0 Å². The predicted molar refractivity (Wildman–Crippen MR) is 109 cm³/mol. The molecule has 0 bridgehead atoms. The van der Waals surface area contributed by atoms with Gasteiger partial charge in [-0.2, -0.15) is 0 Å². The Kier molecular flexibility index (Phi) is 6.29. The molecule has 0 atom stereocenters. The summed E-state index contributed by atoms with van der Waals surface area (Å²) < 4.78 is 16.0. The van der Waals surface area contributed by atoms with Crippen LogP contribution in [0.15, 0.2) is 48.7 Å². The Labute approximate surface area is 169 Å². The highest BCUT2D eigenvalue weighted by Crippen LogP contribution is 2.38. The third-order valence-corrected chi connectivity index (χ3v) is 4.43. The van der Waals surface area contributed by atoms with Crippen molar-refractivity contribution >= 4 is 5.91 Å². The van der Waals surface area contributed by atoms with Crippen molar-refractivity contribution in [2.45, 2.75) is 13.5 Å². The zero-order chi connectivity index (χ0) is 20.8. The van der Waals surface area contributed by atoms with E-state index < -0.39 is 0 Å². The molecule has 1 aromatic heterocycles. The number of benzene rings is 2. The highest BCUT2D eigenvalue weighted by atomic mass is 16.5. The predicted octanol–water partition coefficient (Wildman–Crippen LogP) is 3.41. The number of aryl methyl sites for hydroxylation is 1.